The number of ether oxygens (including phenoxy) is 1. The summed E-state index contributed by atoms with van der Waals surface area (Å²) in [6.07, 6.45) is 8.97. The minimum absolute atomic E-state index is 0.483. The van der Waals surface area contributed by atoms with Crippen LogP contribution in [0.4, 0.5) is 11.4 Å². The van der Waals surface area contributed by atoms with E-state index in [2.05, 4.69) is 17.1 Å². The van der Waals surface area contributed by atoms with Crippen molar-refractivity contribution in [2.45, 2.75) is 77.0 Å². The molecular weight excluding hydrogens is 346 g/mol. The number of nitrogens with zero attached hydrogens (tertiary/aromatic N) is 1. The quantitative estimate of drug-likeness (QED) is 0.694. The summed E-state index contributed by atoms with van der Waals surface area (Å²) < 4.78 is 5.93. The maximum absolute atomic E-state index is 6.26. The summed E-state index contributed by atoms with van der Waals surface area (Å²) in [5.74, 6) is 0. The Labute approximate surface area is 163 Å². The highest BCUT2D eigenvalue weighted by atomic mass is 35.5. The molecule has 0 bridgehead atoms. The molecule has 0 radical (unpaired) electrons. The lowest BCUT2D eigenvalue weighted by molar-refractivity contribution is 0.00428. The highest BCUT2D eigenvalue weighted by Crippen LogP contribution is 2.31. The molecule has 26 heavy (non-hydrogen) atoms. The van der Waals surface area contributed by atoms with Gasteiger partial charge in [0.25, 0.3) is 0 Å². The van der Waals surface area contributed by atoms with Crippen molar-refractivity contribution in [2.75, 3.05) is 30.7 Å². The lowest BCUT2D eigenvalue weighted by Gasteiger charge is -2.41. The van der Waals surface area contributed by atoms with Crippen LogP contribution in [0.2, 0.25) is 5.02 Å². The van der Waals surface area contributed by atoms with Gasteiger partial charge in [-0.1, -0.05) is 18.5 Å². The molecule has 0 spiro atoms. The van der Waals surface area contributed by atoms with Crippen LogP contribution in [0.3, 0.4) is 0 Å². The Bertz CT molecular complexity index is 579. The molecular formula is C21H34ClN3O. The fraction of sp³-hybridized carbons (Fsp3) is 0.714. The molecule has 3 N–H and O–H groups in total. The maximum Gasteiger partial charge on any atom is 0.0591 e. The monoisotopic (exact) mass is 379 g/mol. The molecule has 2 fully saturated rings. The first-order chi connectivity index (χ1) is 12.6. The number of benzene rings is 1. The van der Waals surface area contributed by atoms with Crippen LogP contribution in [0.15, 0.2) is 12.1 Å². The summed E-state index contributed by atoms with van der Waals surface area (Å²) in [7, 11) is 0. The predicted octanol–water partition coefficient (Wildman–Crippen LogP) is 4.84. The Morgan fingerprint density at radius 2 is 1.85 bits per heavy atom. The third-order valence-corrected chi connectivity index (χ3v) is 6.34. The van der Waals surface area contributed by atoms with Gasteiger partial charge in [-0.2, -0.15) is 0 Å². The molecule has 1 heterocycles. The van der Waals surface area contributed by atoms with Crippen molar-refractivity contribution < 1.29 is 4.74 Å². The summed E-state index contributed by atoms with van der Waals surface area (Å²) >= 11 is 6.26. The number of likely N-dealkylation sites (tertiary alicyclic amines) is 1. The van der Waals surface area contributed by atoms with Crippen LogP contribution < -0.4 is 11.1 Å². The van der Waals surface area contributed by atoms with E-state index in [0.29, 0.717) is 12.1 Å². The number of hydrogen-bond acceptors (Lipinski definition) is 4. The predicted molar refractivity (Wildman–Crippen MR) is 111 cm³/mol. The van der Waals surface area contributed by atoms with E-state index in [1.807, 2.05) is 19.1 Å². The summed E-state index contributed by atoms with van der Waals surface area (Å²) in [6.45, 7) is 7.42. The van der Waals surface area contributed by atoms with E-state index >= 15 is 0 Å². The number of halogens is 1. The summed E-state index contributed by atoms with van der Waals surface area (Å²) in [6, 6.07) is 5.16. The second-order valence-corrected chi connectivity index (χ2v) is 8.35. The molecule has 1 aliphatic carbocycles. The summed E-state index contributed by atoms with van der Waals surface area (Å²) in [5, 5.41) is 4.39. The van der Waals surface area contributed by atoms with Gasteiger partial charge in [0.05, 0.1) is 17.5 Å². The van der Waals surface area contributed by atoms with Crippen molar-refractivity contribution in [3.8, 4) is 0 Å². The molecule has 0 amide bonds. The van der Waals surface area contributed by atoms with Crippen molar-refractivity contribution >= 4 is 23.0 Å². The van der Waals surface area contributed by atoms with Crippen molar-refractivity contribution in [1.29, 1.82) is 0 Å². The van der Waals surface area contributed by atoms with Crippen LogP contribution in [0.25, 0.3) is 0 Å². The topological polar surface area (TPSA) is 50.5 Å². The number of piperidine rings is 1. The first-order valence-electron chi connectivity index (χ1n) is 10.2. The zero-order valence-corrected chi connectivity index (χ0v) is 17.0. The minimum Gasteiger partial charge on any atom is -0.397 e. The van der Waals surface area contributed by atoms with Crippen LogP contribution in [0, 0.1) is 6.92 Å². The largest absolute Gasteiger partial charge is 0.397 e. The Balaban J connectivity index is 1.44. The molecule has 3 rings (SSSR count). The molecule has 146 valence electrons. The Morgan fingerprint density at radius 1 is 1.15 bits per heavy atom. The van der Waals surface area contributed by atoms with Gasteiger partial charge in [-0.15, -0.1) is 0 Å². The normalized spacial score (nSPS) is 25.3. The standard InChI is InChI=1S/C21H34ClN3O/c1-3-12-26-18-6-4-17(5-7-18)25-10-8-16(9-11-25)24-21-14-19(22)15(2)13-20(21)23/h13-14,16-18,24H,3-12,23H2,1-2H3/t17-,18-. The molecule has 1 aromatic rings. The third-order valence-electron chi connectivity index (χ3n) is 5.94. The Hall–Kier alpha value is -0.970. The molecule has 5 heteroatoms. The van der Waals surface area contributed by atoms with Gasteiger partial charge >= 0.3 is 0 Å². The fourth-order valence-electron chi connectivity index (χ4n) is 4.32. The van der Waals surface area contributed by atoms with E-state index in [1.54, 1.807) is 0 Å². The van der Waals surface area contributed by atoms with Gasteiger partial charge < -0.3 is 20.7 Å². The maximum atomic E-state index is 6.26. The van der Waals surface area contributed by atoms with E-state index < -0.39 is 0 Å². The van der Waals surface area contributed by atoms with Crippen LogP contribution in [0.1, 0.15) is 57.4 Å². The zero-order valence-electron chi connectivity index (χ0n) is 16.3. The molecule has 1 saturated heterocycles. The van der Waals surface area contributed by atoms with Gasteiger partial charge in [-0.05, 0) is 69.6 Å². The molecule has 0 unspecified atom stereocenters. The van der Waals surface area contributed by atoms with Gasteiger partial charge in [-0.3, -0.25) is 0 Å². The second-order valence-electron chi connectivity index (χ2n) is 7.94. The van der Waals surface area contributed by atoms with Crippen molar-refractivity contribution in [3.63, 3.8) is 0 Å². The van der Waals surface area contributed by atoms with Crippen LogP contribution >= 0.6 is 11.6 Å². The van der Waals surface area contributed by atoms with Crippen LogP contribution in [-0.4, -0.2) is 42.8 Å². The molecule has 0 atom stereocenters. The van der Waals surface area contributed by atoms with E-state index in [4.69, 9.17) is 22.1 Å². The number of aryl methyl sites for hydroxylation is 1. The van der Waals surface area contributed by atoms with Crippen molar-refractivity contribution in [2.24, 2.45) is 0 Å². The van der Waals surface area contributed by atoms with Crippen LogP contribution in [-0.2, 0) is 4.74 Å². The number of rotatable bonds is 6. The van der Waals surface area contributed by atoms with Crippen molar-refractivity contribution in [1.82, 2.24) is 4.90 Å². The van der Waals surface area contributed by atoms with Gasteiger partial charge in [-0.25, -0.2) is 0 Å². The molecule has 1 saturated carbocycles. The van der Waals surface area contributed by atoms with E-state index in [-0.39, 0.29) is 0 Å². The number of nitrogens with one attached hydrogen (secondary N) is 1. The smallest absolute Gasteiger partial charge is 0.0591 e. The van der Waals surface area contributed by atoms with E-state index in [0.717, 1.165) is 53.9 Å². The molecule has 4 nitrogen and oxygen atoms in total. The molecule has 1 aromatic carbocycles. The lowest BCUT2D eigenvalue weighted by Crippen LogP contribution is -2.46. The lowest BCUT2D eigenvalue weighted by atomic mass is 9.90. The number of anilines is 2. The first-order valence-corrected chi connectivity index (χ1v) is 10.6. The number of nitrogen functional groups attached to an aromatic ring is 1. The average molecular weight is 380 g/mol. The average Bonchev–Trinajstić information content (AvgIpc) is 2.65. The van der Waals surface area contributed by atoms with Crippen LogP contribution in [0.5, 0.6) is 0 Å². The Kier molecular flexibility index (Phi) is 7.07. The second kappa shape index (κ2) is 9.29. The first kappa shape index (κ1) is 19.8. The van der Waals surface area contributed by atoms with Gasteiger partial charge in [0.15, 0.2) is 0 Å². The Morgan fingerprint density at radius 3 is 2.50 bits per heavy atom. The minimum atomic E-state index is 0.483. The molecule has 1 aliphatic heterocycles. The number of hydrogen-bond donors (Lipinski definition) is 2. The fourth-order valence-corrected chi connectivity index (χ4v) is 4.48. The van der Waals surface area contributed by atoms with Gasteiger partial charge in [0.2, 0.25) is 0 Å². The zero-order chi connectivity index (χ0) is 18.5. The molecule has 0 aromatic heterocycles. The molecule has 2 aliphatic rings. The van der Waals surface area contributed by atoms with Crippen molar-refractivity contribution in [3.05, 3.63) is 22.7 Å². The summed E-state index contributed by atoms with van der Waals surface area (Å²) in [5.41, 5.74) is 8.96. The van der Waals surface area contributed by atoms with E-state index in [1.165, 1.54) is 38.8 Å². The SMILES string of the molecule is CCCO[C@H]1CC[C@H](N2CCC(Nc3cc(Cl)c(C)cc3N)CC2)CC1. The van der Waals surface area contributed by atoms with E-state index in [9.17, 15) is 0 Å². The summed E-state index contributed by atoms with van der Waals surface area (Å²) in [4.78, 5) is 2.69. The number of nitrogens with two attached hydrogens (primary N) is 1. The highest BCUT2D eigenvalue weighted by molar-refractivity contribution is 6.31. The van der Waals surface area contributed by atoms with Gasteiger partial charge in [0, 0.05) is 36.8 Å². The van der Waals surface area contributed by atoms with Gasteiger partial charge in [0.1, 0.15) is 0 Å². The third kappa shape index (κ3) is 5.05. The highest BCUT2D eigenvalue weighted by Gasteiger charge is 2.29.